The van der Waals surface area contributed by atoms with Crippen LogP contribution in [0.4, 0.5) is 0 Å². The lowest BCUT2D eigenvalue weighted by Gasteiger charge is -2.30. The summed E-state index contributed by atoms with van der Waals surface area (Å²) in [7, 11) is 3.69. The van der Waals surface area contributed by atoms with Gasteiger partial charge in [-0.1, -0.05) is 89.9 Å². The minimum atomic E-state index is -1.20. The minimum Gasteiger partial charge on any atom is -0.544 e. The van der Waals surface area contributed by atoms with Crippen molar-refractivity contribution in [3.63, 3.8) is 0 Å². The largest absolute Gasteiger partial charge is 0.544 e. The van der Waals surface area contributed by atoms with Gasteiger partial charge in [-0.15, -0.1) is 0 Å². The molecule has 0 spiro atoms. The van der Waals surface area contributed by atoms with E-state index in [1.54, 1.807) is 0 Å². The summed E-state index contributed by atoms with van der Waals surface area (Å²) in [6.45, 7) is -0.346. The van der Waals surface area contributed by atoms with Gasteiger partial charge in [-0.05, 0) is 12.8 Å². The van der Waals surface area contributed by atoms with E-state index in [-0.39, 0.29) is 31.4 Å². The molecule has 50 heavy (non-hydrogen) atoms. The highest BCUT2D eigenvalue weighted by atomic mass is 16.4. The maximum Gasteiger partial charge on any atom is 0.322 e. The number of likely N-dealkylation sites (N-methyl/N-ethyl adjacent to an activating group) is 1. The van der Waals surface area contributed by atoms with Crippen molar-refractivity contribution in [2.75, 3.05) is 59.9 Å². The number of nitrogens with one attached hydrogen (secondary N) is 5. The molecule has 5 amide bonds. The third-order valence-corrected chi connectivity index (χ3v) is 8.15. The van der Waals surface area contributed by atoms with Crippen LogP contribution in [-0.4, -0.2) is 111 Å². The summed E-state index contributed by atoms with van der Waals surface area (Å²) in [4.78, 5) is 79.9. The number of rotatable bonds is 33. The zero-order valence-electron chi connectivity index (χ0n) is 30.5. The second-order valence-electron chi connectivity index (χ2n) is 13.6. The molecule has 15 nitrogen and oxygen atoms in total. The van der Waals surface area contributed by atoms with E-state index in [4.69, 9.17) is 5.11 Å². The summed E-state index contributed by atoms with van der Waals surface area (Å²) < 4.78 is 0.350. The van der Waals surface area contributed by atoms with Crippen LogP contribution in [0, 0.1) is 0 Å². The number of quaternary nitrogens is 1. The molecule has 0 saturated carbocycles. The fraction of sp³-hybridized carbons (Fsp3) is 0.800. The lowest BCUT2D eigenvalue weighted by Crippen LogP contribution is -2.49. The first-order valence-electron chi connectivity index (χ1n) is 18.4. The number of carboxylic acid groups (broad SMARTS) is 2. The maximum absolute atomic E-state index is 12.0. The van der Waals surface area contributed by atoms with Crippen molar-refractivity contribution < 1.29 is 48.3 Å². The summed E-state index contributed by atoms with van der Waals surface area (Å²) in [5.41, 5.74) is 0. The molecule has 0 atom stereocenters. The summed E-state index contributed by atoms with van der Waals surface area (Å²) in [6, 6.07) is 0. The van der Waals surface area contributed by atoms with Crippen LogP contribution < -0.4 is 31.7 Å². The van der Waals surface area contributed by atoms with Gasteiger partial charge in [0.05, 0.1) is 46.2 Å². The Balaban J connectivity index is 3.45. The molecule has 0 rings (SSSR count). The number of carbonyl (C=O) groups is 7. The molecule has 0 aromatic rings. The average molecular weight is 713 g/mol. The third-order valence-electron chi connectivity index (χ3n) is 8.15. The van der Waals surface area contributed by atoms with Gasteiger partial charge >= 0.3 is 5.97 Å². The molecular weight excluding hydrogens is 648 g/mol. The lowest BCUT2D eigenvalue weighted by atomic mass is 10.0. The zero-order valence-corrected chi connectivity index (χ0v) is 30.5. The molecule has 0 aromatic carbocycles. The molecule has 0 bridgehead atoms. The predicted octanol–water partition coefficient (Wildman–Crippen LogP) is 0.890. The van der Waals surface area contributed by atoms with Crippen molar-refractivity contribution in [1.82, 2.24) is 26.6 Å². The highest BCUT2D eigenvalue weighted by molar-refractivity contribution is 5.90. The van der Waals surface area contributed by atoms with Crippen molar-refractivity contribution in [3.8, 4) is 0 Å². The molecule has 0 aromatic heterocycles. The van der Waals surface area contributed by atoms with Gasteiger partial charge in [0.15, 0.2) is 0 Å². The lowest BCUT2D eigenvalue weighted by molar-refractivity contribution is -0.884. The van der Waals surface area contributed by atoms with Crippen LogP contribution >= 0.6 is 0 Å². The van der Waals surface area contributed by atoms with E-state index in [1.165, 1.54) is 57.8 Å². The SMILES string of the molecule is C[N+](C)(CCCNC(=O)CCCCCCCCCCCCCCCCCCC(=O)NCC(=O)NCC(=O)NCC(=O)NCC(=O)O)CC(=O)[O-]. The highest BCUT2D eigenvalue weighted by Crippen LogP contribution is 2.14. The van der Waals surface area contributed by atoms with E-state index in [9.17, 15) is 38.7 Å². The van der Waals surface area contributed by atoms with E-state index in [1.807, 2.05) is 14.1 Å². The number of amides is 5. The number of carbonyl (C=O) groups excluding carboxylic acids is 6. The molecule has 0 fully saturated rings. The number of hydrogen-bond acceptors (Lipinski definition) is 8. The smallest absolute Gasteiger partial charge is 0.322 e. The van der Waals surface area contributed by atoms with Gasteiger partial charge < -0.3 is 46.1 Å². The van der Waals surface area contributed by atoms with Gasteiger partial charge in [0.25, 0.3) is 0 Å². The van der Waals surface area contributed by atoms with E-state index >= 15 is 0 Å². The maximum atomic E-state index is 12.0. The summed E-state index contributed by atoms with van der Waals surface area (Å²) in [6.07, 6.45) is 20.0. The molecule has 0 unspecified atom stereocenters. The Morgan fingerprint density at radius 2 is 0.780 bits per heavy atom. The monoisotopic (exact) mass is 712 g/mol. The fourth-order valence-corrected chi connectivity index (χ4v) is 5.28. The van der Waals surface area contributed by atoms with E-state index in [0.717, 1.165) is 51.4 Å². The van der Waals surface area contributed by atoms with Crippen molar-refractivity contribution in [2.24, 2.45) is 0 Å². The first-order valence-corrected chi connectivity index (χ1v) is 18.4. The van der Waals surface area contributed by atoms with Crippen molar-refractivity contribution >= 4 is 41.5 Å². The Kier molecular flexibility index (Phi) is 27.8. The summed E-state index contributed by atoms with van der Waals surface area (Å²) in [5, 5.41) is 31.4. The van der Waals surface area contributed by atoms with Gasteiger partial charge in [0, 0.05) is 25.8 Å². The topological polar surface area (TPSA) is 223 Å². The van der Waals surface area contributed by atoms with Crippen molar-refractivity contribution in [1.29, 1.82) is 0 Å². The van der Waals surface area contributed by atoms with Crippen LogP contribution in [0.5, 0.6) is 0 Å². The molecule has 0 saturated heterocycles. The predicted molar refractivity (Wildman–Crippen MR) is 187 cm³/mol. The standard InChI is InChI=1S/C35H64N6O9/c1-41(2,28-35(49)50)23-19-22-36-29(42)20-17-15-13-11-9-7-5-3-4-6-8-10-12-14-16-18-21-30(43)37-24-31(44)38-25-32(45)39-26-33(46)40-27-34(47)48/h3-28H2,1-2H3,(H6-,36,37,38,39,40,42,43,44,45,46,47,48,49,50). The normalized spacial score (nSPS) is 11.0. The number of aliphatic carboxylic acids is 2. The second-order valence-corrected chi connectivity index (χ2v) is 13.6. The molecule has 0 radical (unpaired) electrons. The third kappa shape index (κ3) is 32.8. The summed E-state index contributed by atoms with van der Waals surface area (Å²) in [5.74, 6) is -4.21. The van der Waals surface area contributed by atoms with E-state index in [0.29, 0.717) is 30.4 Å². The van der Waals surface area contributed by atoms with Crippen LogP contribution in [0.2, 0.25) is 0 Å². The Bertz CT molecular complexity index is 1020. The van der Waals surface area contributed by atoms with Crippen LogP contribution in [0.3, 0.4) is 0 Å². The van der Waals surface area contributed by atoms with Crippen molar-refractivity contribution in [2.45, 2.75) is 122 Å². The number of hydrogen-bond donors (Lipinski definition) is 6. The van der Waals surface area contributed by atoms with Crippen LogP contribution in [0.1, 0.15) is 122 Å². The molecular formula is C35H64N6O9. The average Bonchev–Trinajstić information content (AvgIpc) is 3.05. The Labute approximate surface area is 298 Å². The van der Waals surface area contributed by atoms with Gasteiger partial charge in [-0.25, -0.2) is 0 Å². The number of nitrogens with zero attached hydrogens (tertiary/aromatic N) is 1. The van der Waals surface area contributed by atoms with E-state index < -0.39 is 42.7 Å². The Morgan fingerprint density at radius 3 is 1.14 bits per heavy atom. The van der Waals surface area contributed by atoms with Gasteiger partial charge in [0.1, 0.15) is 13.1 Å². The molecule has 15 heteroatoms. The number of carboxylic acids is 2. The van der Waals surface area contributed by atoms with E-state index in [2.05, 4.69) is 26.6 Å². The van der Waals surface area contributed by atoms with Crippen LogP contribution in [-0.2, 0) is 33.6 Å². The van der Waals surface area contributed by atoms with Crippen LogP contribution in [0.15, 0.2) is 0 Å². The molecule has 6 N–H and O–H groups in total. The molecule has 0 heterocycles. The van der Waals surface area contributed by atoms with Crippen LogP contribution in [0.25, 0.3) is 0 Å². The number of unbranched alkanes of at least 4 members (excludes halogenated alkanes) is 15. The minimum absolute atomic E-state index is 0.0267. The second kappa shape index (κ2) is 30.1. The first kappa shape index (κ1) is 46.2. The fourth-order valence-electron chi connectivity index (χ4n) is 5.28. The zero-order chi connectivity index (χ0) is 37.5. The molecule has 0 aliphatic carbocycles. The van der Waals surface area contributed by atoms with Gasteiger partial charge in [-0.3, -0.25) is 28.8 Å². The van der Waals surface area contributed by atoms with Crippen molar-refractivity contribution in [3.05, 3.63) is 0 Å². The Morgan fingerprint density at radius 1 is 0.460 bits per heavy atom. The Hall–Kier alpha value is -3.75. The van der Waals surface area contributed by atoms with Gasteiger partial charge in [0.2, 0.25) is 29.5 Å². The first-order chi connectivity index (χ1) is 23.8. The van der Waals surface area contributed by atoms with Gasteiger partial charge in [-0.2, -0.15) is 0 Å². The molecule has 0 aliphatic heterocycles. The molecule has 288 valence electrons. The quantitative estimate of drug-likeness (QED) is 0.0419. The highest BCUT2D eigenvalue weighted by Gasteiger charge is 2.15. The molecule has 0 aliphatic rings. The summed E-state index contributed by atoms with van der Waals surface area (Å²) >= 11 is 0.